The molecule has 1 aliphatic heterocycles. The Hall–Kier alpha value is -1.82. The van der Waals surface area contributed by atoms with Crippen molar-refractivity contribution in [2.45, 2.75) is 30.7 Å². The summed E-state index contributed by atoms with van der Waals surface area (Å²) >= 11 is 1.35. The zero-order valence-corrected chi connectivity index (χ0v) is 13.1. The summed E-state index contributed by atoms with van der Waals surface area (Å²) in [6.07, 6.45) is -0.640. The lowest BCUT2D eigenvalue weighted by Crippen LogP contribution is -2.31. The van der Waals surface area contributed by atoms with Gasteiger partial charge >= 0.3 is 5.69 Å². The number of aliphatic hydroxyl groups excluding tert-OH is 2. The number of aliphatic hydroxyl groups is 2. The molecular weight excluding hydrogens is 326 g/mol. The van der Waals surface area contributed by atoms with Crippen molar-refractivity contribution in [3.05, 3.63) is 20.8 Å². The number of anilines is 1. The van der Waals surface area contributed by atoms with Crippen molar-refractivity contribution < 1.29 is 14.9 Å². The third kappa shape index (κ3) is 2.55. The Morgan fingerprint density at radius 1 is 1.52 bits per heavy atom. The zero-order valence-electron chi connectivity index (χ0n) is 12.3. The first kappa shape index (κ1) is 16.1. The van der Waals surface area contributed by atoms with Crippen molar-refractivity contribution in [1.82, 2.24) is 19.1 Å². The van der Waals surface area contributed by atoms with Crippen LogP contribution in [0.15, 0.2) is 9.59 Å². The average Bonchev–Trinajstić information content (AvgIpc) is 2.98. The molecule has 0 amide bonds. The standard InChI is InChI=1S/C12H17N5O5S/c1-23-4-16-7-8(14-11(13)15-9(7)20)17(12(16)21)10-6(19)2-5(3-18)22-10/h5-6,10,18-19H,2-4H2,1H3,(H3,13,14,15,20)/t5-,6+,10+/m0/s1. The highest BCUT2D eigenvalue weighted by atomic mass is 32.2. The number of hydrogen-bond donors (Lipinski definition) is 4. The summed E-state index contributed by atoms with van der Waals surface area (Å²) in [6, 6.07) is 0. The van der Waals surface area contributed by atoms with E-state index >= 15 is 0 Å². The summed E-state index contributed by atoms with van der Waals surface area (Å²) in [5.41, 5.74) is 4.63. The third-order valence-corrected chi connectivity index (χ3v) is 4.23. The van der Waals surface area contributed by atoms with Crippen molar-refractivity contribution in [1.29, 1.82) is 0 Å². The topological polar surface area (TPSA) is 148 Å². The Morgan fingerprint density at radius 2 is 2.26 bits per heavy atom. The fourth-order valence-electron chi connectivity index (χ4n) is 2.76. The number of nitrogens with zero attached hydrogens (tertiary/aromatic N) is 3. The van der Waals surface area contributed by atoms with E-state index < -0.39 is 29.7 Å². The second-order valence-electron chi connectivity index (χ2n) is 5.26. The molecule has 2 aromatic heterocycles. The maximum Gasteiger partial charge on any atom is 0.333 e. The average molecular weight is 343 g/mol. The predicted molar refractivity (Wildman–Crippen MR) is 84.2 cm³/mol. The largest absolute Gasteiger partial charge is 0.394 e. The van der Waals surface area contributed by atoms with Gasteiger partial charge in [0, 0.05) is 6.42 Å². The van der Waals surface area contributed by atoms with Gasteiger partial charge in [-0.25, -0.2) is 9.36 Å². The number of imidazole rings is 1. The van der Waals surface area contributed by atoms with E-state index in [-0.39, 0.29) is 36.0 Å². The van der Waals surface area contributed by atoms with Gasteiger partial charge in [0.15, 0.2) is 17.4 Å². The van der Waals surface area contributed by atoms with Gasteiger partial charge in [-0.3, -0.25) is 14.3 Å². The van der Waals surface area contributed by atoms with Crippen LogP contribution < -0.4 is 17.0 Å². The molecule has 0 aliphatic carbocycles. The first-order valence-corrected chi connectivity index (χ1v) is 8.31. The summed E-state index contributed by atoms with van der Waals surface area (Å²) < 4.78 is 7.90. The number of rotatable bonds is 4. The van der Waals surface area contributed by atoms with Crippen LogP contribution >= 0.6 is 11.8 Å². The molecule has 1 saturated heterocycles. The minimum Gasteiger partial charge on any atom is -0.394 e. The number of aromatic amines is 1. The van der Waals surface area contributed by atoms with Gasteiger partial charge in [0.1, 0.15) is 6.10 Å². The van der Waals surface area contributed by atoms with Crippen LogP contribution in [0.25, 0.3) is 11.2 Å². The maximum absolute atomic E-state index is 12.7. The number of H-pyrrole nitrogens is 1. The van der Waals surface area contributed by atoms with E-state index in [1.54, 1.807) is 6.26 Å². The molecule has 1 fully saturated rings. The number of nitrogens with two attached hydrogens (primary N) is 1. The molecule has 0 spiro atoms. The molecule has 3 atom stereocenters. The highest BCUT2D eigenvalue weighted by Gasteiger charge is 2.38. The van der Waals surface area contributed by atoms with Crippen LogP contribution in [0.5, 0.6) is 0 Å². The van der Waals surface area contributed by atoms with Gasteiger partial charge in [-0.15, -0.1) is 11.8 Å². The summed E-state index contributed by atoms with van der Waals surface area (Å²) in [4.78, 5) is 31.3. The van der Waals surface area contributed by atoms with Gasteiger partial charge in [0.25, 0.3) is 5.56 Å². The van der Waals surface area contributed by atoms with E-state index in [4.69, 9.17) is 10.5 Å². The van der Waals surface area contributed by atoms with Crippen molar-refractivity contribution >= 4 is 28.9 Å². The second-order valence-corrected chi connectivity index (χ2v) is 6.09. The lowest BCUT2D eigenvalue weighted by molar-refractivity contribution is -0.0505. The Bertz CT molecular complexity index is 843. The molecule has 11 heteroatoms. The smallest absolute Gasteiger partial charge is 0.333 e. The molecule has 126 valence electrons. The predicted octanol–water partition coefficient (Wildman–Crippen LogP) is -1.57. The van der Waals surface area contributed by atoms with Crippen LogP contribution in [0.1, 0.15) is 12.6 Å². The van der Waals surface area contributed by atoms with Crippen molar-refractivity contribution in [2.24, 2.45) is 0 Å². The maximum atomic E-state index is 12.7. The molecule has 5 N–H and O–H groups in total. The summed E-state index contributed by atoms with van der Waals surface area (Å²) in [6.45, 7) is -0.276. The van der Waals surface area contributed by atoms with Gasteiger partial charge in [0.05, 0.1) is 18.6 Å². The number of aromatic nitrogens is 4. The van der Waals surface area contributed by atoms with E-state index in [2.05, 4.69) is 9.97 Å². The fraction of sp³-hybridized carbons (Fsp3) is 0.583. The SMILES string of the molecule is CSCn1c(=O)n([C@@H]2O[C@H](CO)C[C@H]2O)c2nc(N)[nH]c(=O)c21. The van der Waals surface area contributed by atoms with Gasteiger partial charge in [0.2, 0.25) is 5.95 Å². The van der Waals surface area contributed by atoms with Gasteiger partial charge < -0.3 is 20.7 Å². The normalized spacial score (nSPS) is 24.6. The molecule has 0 aromatic carbocycles. The van der Waals surface area contributed by atoms with Crippen LogP contribution in [0, 0.1) is 0 Å². The van der Waals surface area contributed by atoms with Crippen LogP contribution in [0.4, 0.5) is 5.95 Å². The first-order valence-electron chi connectivity index (χ1n) is 6.91. The van der Waals surface area contributed by atoms with Crippen molar-refractivity contribution in [2.75, 3.05) is 18.6 Å². The van der Waals surface area contributed by atoms with Crippen molar-refractivity contribution in [3.63, 3.8) is 0 Å². The Kier molecular flexibility index (Phi) is 4.19. The summed E-state index contributed by atoms with van der Waals surface area (Å²) in [5.74, 6) is 0.104. The molecule has 0 bridgehead atoms. The van der Waals surface area contributed by atoms with E-state index in [1.807, 2.05) is 0 Å². The molecule has 0 saturated carbocycles. The number of ether oxygens (including phenoxy) is 1. The molecule has 10 nitrogen and oxygen atoms in total. The van der Waals surface area contributed by atoms with Crippen LogP contribution in [-0.2, 0) is 10.6 Å². The van der Waals surface area contributed by atoms with Crippen molar-refractivity contribution in [3.8, 4) is 0 Å². The van der Waals surface area contributed by atoms with Gasteiger partial charge in [-0.1, -0.05) is 0 Å². The number of thioether (sulfide) groups is 1. The summed E-state index contributed by atoms with van der Waals surface area (Å²) in [5, 5.41) is 19.3. The molecule has 2 aromatic rings. The molecule has 0 unspecified atom stereocenters. The lowest BCUT2D eigenvalue weighted by atomic mass is 10.2. The highest BCUT2D eigenvalue weighted by Crippen LogP contribution is 2.29. The second kappa shape index (κ2) is 6.00. The molecule has 3 rings (SSSR count). The third-order valence-electron chi connectivity index (χ3n) is 3.71. The number of nitrogens with one attached hydrogen (secondary N) is 1. The minimum atomic E-state index is -1.03. The number of fused-ring (bicyclic) bond motifs is 1. The Morgan fingerprint density at radius 3 is 2.87 bits per heavy atom. The van der Waals surface area contributed by atoms with Gasteiger partial charge in [-0.2, -0.15) is 4.98 Å². The molecule has 3 heterocycles. The minimum absolute atomic E-state index is 0.0490. The van der Waals surface area contributed by atoms with Crippen LogP contribution in [0.3, 0.4) is 0 Å². The van der Waals surface area contributed by atoms with Crippen LogP contribution in [-0.4, -0.2) is 54.4 Å². The number of nitrogen functional groups attached to an aromatic ring is 1. The molecule has 23 heavy (non-hydrogen) atoms. The van der Waals surface area contributed by atoms with Crippen LogP contribution in [0.2, 0.25) is 0 Å². The Labute approximate surface area is 133 Å². The molecular formula is C12H17N5O5S. The number of hydrogen-bond acceptors (Lipinski definition) is 8. The van der Waals surface area contributed by atoms with E-state index in [9.17, 15) is 19.8 Å². The molecule has 1 aliphatic rings. The zero-order chi connectivity index (χ0) is 16.7. The fourth-order valence-corrected chi connectivity index (χ4v) is 3.26. The van der Waals surface area contributed by atoms with Gasteiger partial charge in [-0.05, 0) is 6.26 Å². The monoisotopic (exact) mass is 343 g/mol. The van der Waals surface area contributed by atoms with E-state index in [0.29, 0.717) is 0 Å². The van der Waals surface area contributed by atoms with E-state index in [1.165, 1.54) is 16.3 Å². The Balaban J connectivity index is 2.27. The first-order chi connectivity index (χ1) is 11.0. The highest BCUT2D eigenvalue weighted by molar-refractivity contribution is 7.97. The quantitative estimate of drug-likeness (QED) is 0.520. The van der Waals surface area contributed by atoms with E-state index in [0.717, 1.165) is 4.57 Å². The summed E-state index contributed by atoms with van der Waals surface area (Å²) in [7, 11) is 0. The molecule has 0 radical (unpaired) electrons. The lowest BCUT2D eigenvalue weighted by Gasteiger charge is -2.15.